The fraction of sp³-hybridized carbons (Fsp3) is 0.412. The molecule has 0 aliphatic heterocycles. The first-order chi connectivity index (χ1) is 10.6. The number of hydrogen-bond acceptors (Lipinski definition) is 4. The monoisotopic (exact) mass is 302 g/mol. The van der Waals surface area contributed by atoms with Gasteiger partial charge in [0.15, 0.2) is 5.75 Å². The van der Waals surface area contributed by atoms with Crippen molar-refractivity contribution in [2.75, 3.05) is 13.2 Å². The second-order valence-electron chi connectivity index (χ2n) is 5.06. The number of nitrogens with zero attached hydrogens (tertiary/aromatic N) is 2. The standard InChI is InChI=1S/C17H22N2O3/c1-4-14-16(20)15(13-9-7-6-8-12(13)3)17(21)19(18-14)10-11-22-5-2/h6-9,20H,4-5,10-11H2,1-3H3. The molecule has 0 unspecified atom stereocenters. The van der Waals surface area contributed by atoms with E-state index < -0.39 is 0 Å². The van der Waals surface area contributed by atoms with Gasteiger partial charge in [0.2, 0.25) is 0 Å². The molecule has 1 heterocycles. The Hall–Kier alpha value is -2.14. The first-order valence-corrected chi connectivity index (χ1v) is 7.56. The van der Waals surface area contributed by atoms with Crippen molar-refractivity contribution in [1.29, 1.82) is 0 Å². The van der Waals surface area contributed by atoms with Crippen LogP contribution in [0.4, 0.5) is 0 Å². The SMILES string of the molecule is CCOCCn1nc(CC)c(O)c(-c2ccccc2C)c1=O. The van der Waals surface area contributed by atoms with Crippen molar-refractivity contribution in [3.8, 4) is 16.9 Å². The maximum atomic E-state index is 12.7. The van der Waals surface area contributed by atoms with Gasteiger partial charge in [0.25, 0.3) is 5.56 Å². The van der Waals surface area contributed by atoms with Crippen LogP contribution in [0.25, 0.3) is 11.1 Å². The maximum Gasteiger partial charge on any atom is 0.278 e. The Kier molecular flexibility index (Phi) is 5.33. The van der Waals surface area contributed by atoms with Gasteiger partial charge in [-0.05, 0) is 31.4 Å². The summed E-state index contributed by atoms with van der Waals surface area (Å²) in [5.41, 5.74) is 2.24. The summed E-state index contributed by atoms with van der Waals surface area (Å²) < 4.78 is 6.69. The molecule has 1 aromatic heterocycles. The predicted molar refractivity (Wildman–Crippen MR) is 86.2 cm³/mol. The highest BCUT2D eigenvalue weighted by molar-refractivity contribution is 5.72. The van der Waals surface area contributed by atoms with Gasteiger partial charge < -0.3 is 9.84 Å². The van der Waals surface area contributed by atoms with Gasteiger partial charge in [-0.3, -0.25) is 4.79 Å². The van der Waals surface area contributed by atoms with E-state index in [0.717, 1.165) is 11.1 Å². The van der Waals surface area contributed by atoms with Gasteiger partial charge in [0, 0.05) is 6.61 Å². The Labute approximate surface area is 130 Å². The number of hydrogen-bond donors (Lipinski definition) is 1. The highest BCUT2D eigenvalue weighted by atomic mass is 16.5. The quantitative estimate of drug-likeness (QED) is 0.833. The molecule has 0 radical (unpaired) electrons. The third kappa shape index (κ3) is 3.20. The predicted octanol–water partition coefficient (Wildman–Crippen LogP) is 2.52. The smallest absolute Gasteiger partial charge is 0.278 e. The molecule has 0 saturated heterocycles. The van der Waals surface area contributed by atoms with Gasteiger partial charge in [-0.25, -0.2) is 4.68 Å². The van der Waals surface area contributed by atoms with Crippen LogP contribution in [0.15, 0.2) is 29.1 Å². The van der Waals surface area contributed by atoms with Crippen molar-refractivity contribution < 1.29 is 9.84 Å². The van der Waals surface area contributed by atoms with Gasteiger partial charge in [-0.2, -0.15) is 5.10 Å². The largest absolute Gasteiger partial charge is 0.505 e. The summed E-state index contributed by atoms with van der Waals surface area (Å²) in [6, 6.07) is 7.53. The summed E-state index contributed by atoms with van der Waals surface area (Å²) in [6.07, 6.45) is 0.555. The van der Waals surface area contributed by atoms with E-state index in [0.29, 0.717) is 37.4 Å². The number of rotatable bonds is 6. The third-order valence-electron chi connectivity index (χ3n) is 3.60. The summed E-state index contributed by atoms with van der Waals surface area (Å²) in [7, 11) is 0. The average Bonchev–Trinajstić information content (AvgIpc) is 2.51. The van der Waals surface area contributed by atoms with Gasteiger partial charge in [-0.1, -0.05) is 31.2 Å². The minimum absolute atomic E-state index is 0.0190. The van der Waals surface area contributed by atoms with E-state index >= 15 is 0 Å². The molecule has 5 nitrogen and oxygen atoms in total. The Morgan fingerprint density at radius 1 is 1.27 bits per heavy atom. The second kappa shape index (κ2) is 7.22. The average molecular weight is 302 g/mol. The molecule has 118 valence electrons. The van der Waals surface area contributed by atoms with Crippen LogP contribution in [0.5, 0.6) is 5.75 Å². The number of aromatic hydroxyl groups is 1. The van der Waals surface area contributed by atoms with E-state index in [9.17, 15) is 9.90 Å². The second-order valence-corrected chi connectivity index (χ2v) is 5.06. The Morgan fingerprint density at radius 2 is 2.00 bits per heavy atom. The van der Waals surface area contributed by atoms with Gasteiger partial charge in [-0.15, -0.1) is 0 Å². The van der Waals surface area contributed by atoms with Crippen LogP contribution in [0.1, 0.15) is 25.1 Å². The Morgan fingerprint density at radius 3 is 2.64 bits per heavy atom. The third-order valence-corrected chi connectivity index (χ3v) is 3.60. The molecule has 0 amide bonds. The number of ether oxygens (including phenoxy) is 1. The zero-order chi connectivity index (χ0) is 16.1. The Balaban J connectivity index is 2.59. The molecule has 0 saturated carbocycles. The molecular formula is C17H22N2O3. The minimum atomic E-state index is -0.288. The van der Waals surface area contributed by atoms with Gasteiger partial charge in [0.1, 0.15) is 5.69 Å². The lowest BCUT2D eigenvalue weighted by Gasteiger charge is -2.14. The highest BCUT2D eigenvalue weighted by Crippen LogP contribution is 2.30. The van der Waals surface area contributed by atoms with E-state index in [4.69, 9.17) is 4.74 Å². The fourth-order valence-corrected chi connectivity index (χ4v) is 2.39. The van der Waals surface area contributed by atoms with Gasteiger partial charge in [0.05, 0.1) is 18.7 Å². The summed E-state index contributed by atoms with van der Waals surface area (Å²) >= 11 is 0. The van der Waals surface area contributed by atoms with Crippen molar-refractivity contribution in [2.24, 2.45) is 0 Å². The minimum Gasteiger partial charge on any atom is -0.505 e. The molecule has 1 N–H and O–H groups in total. The van der Waals surface area contributed by atoms with Crippen molar-refractivity contribution >= 4 is 0 Å². The summed E-state index contributed by atoms with van der Waals surface area (Å²) in [6.45, 7) is 7.12. The summed E-state index contributed by atoms with van der Waals surface area (Å²) in [5.74, 6) is -0.0190. The van der Waals surface area contributed by atoms with Crippen LogP contribution >= 0.6 is 0 Å². The first-order valence-electron chi connectivity index (χ1n) is 7.56. The molecule has 0 aliphatic carbocycles. The molecule has 0 atom stereocenters. The Bertz CT molecular complexity index is 708. The van der Waals surface area contributed by atoms with E-state index in [2.05, 4.69) is 5.10 Å². The number of aromatic nitrogens is 2. The van der Waals surface area contributed by atoms with E-state index in [-0.39, 0.29) is 11.3 Å². The van der Waals surface area contributed by atoms with Crippen molar-refractivity contribution in [3.05, 3.63) is 45.9 Å². The normalized spacial score (nSPS) is 10.9. The lowest BCUT2D eigenvalue weighted by Crippen LogP contribution is -2.28. The molecule has 1 aromatic carbocycles. The molecule has 0 fully saturated rings. The van der Waals surface area contributed by atoms with Crippen LogP contribution in [0, 0.1) is 6.92 Å². The van der Waals surface area contributed by atoms with Crippen LogP contribution in [-0.2, 0) is 17.7 Å². The van der Waals surface area contributed by atoms with E-state index in [1.807, 2.05) is 45.0 Å². The van der Waals surface area contributed by atoms with Crippen LogP contribution < -0.4 is 5.56 Å². The molecule has 0 bridgehead atoms. The maximum absolute atomic E-state index is 12.7. The molecule has 22 heavy (non-hydrogen) atoms. The van der Waals surface area contributed by atoms with Crippen LogP contribution in [-0.4, -0.2) is 28.1 Å². The molecule has 2 aromatic rings. The topological polar surface area (TPSA) is 64.3 Å². The first kappa shape index (κ1) is 16.2. The van der Waals surface area contributed by atoms with Crippen LogP contribution in [0.3, 0.4) is 0 Å². The molecule has 2 rings (SSSR count). The summed E-state index contributed by atoms with van der Waals surface area (Å²) in [5, 5.41) is 14.7. The zero-order valence-electron chi connectivity index (χ0n) is 13.3. The lowest BCUT2D eigenvalue weighted by atomic mass is 10.0. The molecule has 0 spiro atoms. The molecular weight excluding hydrogens is 280 g/mol. The molecule has 5 heteroatoms. The number of benzene rings is 1. The van der Waals surface area contributed by atoms with Gasteiger partial charge >= 0.3 is 0 Å². The van der Waals surface area contributed by atoms with Crippen molar-refractivity contribution in [2.45, 2.75) is 33.7 Å². The van der Waals surface area contributed by atoms with E-state index in [1.54, 1.807) is 0 Å². The highest BCUT2D eigenvalue weighted by Gasteiger charge is 2.18. The zero-order valence-corrected chi connectivity index (χ0v) is 13.3. The van der Waals surface area contributed by atoms with Crippen molar-refractivity contribution in [1.82, 2.24) is 9.78 Å². The number of aryl methyl sites for hydroxylation is 2. The fourth-order valence-electron chi connectivity index (χ4n) is 2.39. The van der Waals surface area contributed by atoms with Crippen LogP contribution in [0.2, 0.25) is 0 Å². The summed E-state index contributed by atoms with van der Waals surface area (Å²) in [4.78, 5) is 12.7. The van der Waals surface area contributed by atoms with E-state index in [1.165, 1.54) is 4.68 Å². The van der Waals surface area contributed by atoms with Crippen molar-refractivity contribution in [3.63, 3.8) is 0 Å². The lowest BCUT2D eigenvalue weighted by molar-refractivity contribution is 0.135. The molecule has 0 aliphatic rings.